The second-order valence-corrected chi connectivity index (χ2v) is 4.18. The number of hydrogen-bond donors (Lipinski definition) is 2. The van der Waals surface area contributed by atoms with E-state index in [-0.39, 0.29) is 19.0 Å². The molecule has 0 saturated carbocycles. The molecule has 0 spiro atoms. The number of carbonyl (C=O) groups excluding carboxylic acids is 1. The lowest BCUT2D eigenvalue weighted by molar-refractivity contribution is -0.145. The summed E-state index contributed by atoms with van der Waals surface area (Å²) in [5.41, 5.74) is 1.38. The first-order valence-electron chi connectivity index (χ1n) is 5.44. The van der Waals surface area contributed by atoms with Crippen LogP contribution in [0.15, 0.2) is 0 Å². The lowest BCUT2D eigenvalue weighted by Gasteiger charge is -2.36. The zero-order valence-electron chi connectivity index (χ0n) is 10.0. The molecule has 0 unspecified atom stereocenters. The number of carboxylic acid groups (broad SMARTS) is 1. The first-order chi connectivity index (χ1) is 8.47. The quantitative estimate of drug-likeness (QED) is 0.768. The van der Waals surface area contributed by atoms with Crippen molar-refractivity contribution in [3.05, 3.63) is 11.4 Å². The Morgan fingerprint density at radius 2 is 1.94 bits per heavy atom. The van der Waals surface area contributed by atoms with Gasteiger partial charge in [-0.25, -0.2) is 9.78 Å². The molecule has 1 saturated heterocycles. The van der Waals surface area contributed by atoms with Crippen molar-refractivity contribution in [1.82, 2.24) is 20.1 Å². The van der Waals surface area contributed by atoms with Crippen LogP contribution in [0.3, 0.4) is 0 Å². The van der Waals surface area contributed by atoms with Crippen LogP contribution < -0.4 is 5.32 Å². The van der Waals surface area contributed by atoms with Crippen molar-refractivity contribution in [2.24, 2.45) is 5.92 Å². The van der Waals surface area contributed by atoms with Gasteiger partial charge in [-0.05, 0) is 13.8 Å². The number of carboxylic acids is 1. The number of aromatic nitrogens is 3. The van der Waals surface area contributed by atoms with Crippen LogP contribution in [-0.2, 0) is 4.79 Å². The highest BCUT2D eigenvalue weighted by Gasteiger charge is 2.35. The van der Waals surface area contributed by atoms with E-state index in [1.54, 1.807) is 13.8 Å². The molecule has 8 heteroatoms. The number of aryl methyl sites for hydroxylation is 2. The van der Waals surface area contributed by atoms with Gasteiger partial charge in [0.05, 0.1) is 17.3 Å². The van der Waals surface area contributed by atoms with Gasteiger partial charge in [0, 0.05) is 13.1 Å². The Kier molecular flexibility index (Phi) is 3.09. The molecule has 2 heterocycles. The Balaban J connectivity index is 1.92. The third kappa shape index (κ3) is 2.36. The first-order valence-corrected chi connectivity index (χ1v) is 5.44. The van der Waals surface area contributed by atoms with Gasteiger partial charge in [-0.2, -0.15) is 5.10 Å². The lowest BCUT2D eigenvalue weighted by Crippen LogP contribution is -2.54. The molecule has 8 nitrogen and oxygen atoms in total. The third-order valence-corrected chi connectivity index (χ3v) is 2.83. The molecule has 0 radical (unpaired) electrons. The fourth-order valence-corrected chi connectivity index (χ4v) is 1.49. The van der Waals surface area contributed by atoms with Gasteiger partial charge in [-0.15, -0.1) is 5.10 Å². The molecule has 1 aliphatic heterocycles. The number of rotatable bonds is 2. The summed E-state index contributed by atoms with van der Waals surface area (Å²) in [5.74, 6) is -1.24. The van der Waals surface area contributed by atoms with Crippen LogP contribution in [0, 0.1) is 19.8 Å². The number of aliphatic carboxylic acids is 1. The molecule has 18 heavy (non-hydrogen) atoms. The van der Waals surface area contributed by atoms with Gasteiger partial charge < -0.3 is 10.0 Å². The molecule has 2 N–H and O–H groups in total. The summed E-state index contributed by atoms with van der Waals surface area (Å²) in [5, 5.41) is 18.8. The van der Waals surface area contributed by atoms with E-state index >= 15 is 0 Å². The van der Waals surface area contributed by atoms with Crippen molar-refractivity contribution in [2.45, 2.75) is 13.8 Å². The third-order valence-electron chi connectivity index (χ3n) is 2.83. The van der Waals surface area contributed by atoms with Gasteiger partial charge in [0.25, 0.3) is 5.95 Å². The molecule has 1 aliphatic rings. The van der Waals surface area contributed by atoms with Crippen LogP contribution >= 0.6 is 0 Å². The second kappa shape index (κ2) is 4.55. The number of likely N-dealkylation sites (tertiary alicyclic amines) is 1. The van der Waals surface area contributed by atoms with E-state index < -0.39 is 17.9 Å². The van der Waals surface area contributed by atoms with Gasteiger partial charge in [0.15, 0.2) is 0 Å². The minimum Gasteiger partial charge on any atom is -0.481 e. The molecular formula is C10H13N5O3. The maximum Gasteiger partial charge on any atom is 0.324 e. The van der Waals surface area contributed by atoms with Crippen molar-refractivity contribution in [2.75, 3.05) is 18.4 Å². The van der Waals surface area contributed by atoms with Crippen molar-refractivity contribution in [3.63, 3.8) is 0 Å². The Labute approximate surface area is 103 Å². The molecular weight excluding hydrogens is 238 g/mol. The van der Waals surface area contributed by atoms with E-state index in [4.69, 9.17) is 5.11 Å². The fraction of sp³-hybridized carbons (Fsp3) is 0.500. The molecule has 1 aromatic heterocycles. The standard InChI is InChI=1S/C10H13N5O3/c1-5-6(2)13-14-9(11-5)12-10(18)15-3-7(4-15)8(16)17/h7H,3-4H2,1-2H3,(H,16,17)(H,11,12,14,18). The Bertz CT molecular complexity index is 498. The lowest BCUT2D eigenvalue weighted by atomic mass is 10.0. The summed E-state index contributed by atoms with van der Waals surface area (Å²) >= 11 is 0. The zero-order valence-corrected chi connectivity index (χ0v) is 10.0. The first kappa shape index (κ1) is 12.2. The summed E-state index contributed by atoms with van der Waals surface area (Å²) in [4.78, 5) is 27.7. The summed E-state index contributed by atoms with van der Waals surface area (Å²) < 4.78 is 0. The van der Waals surface area contributed by atoms with Gasteiger partial charge in [0.2, 0.25) is 0 Å². The van der Waals surface area contributed by atoms with E-state index in [1.807, 2.05) is 0 Å². The van der Waals surface area contributed by atoms with Gasteiger partial charge in [-0.1, -0.05) is 0 Å². The highest BCUT2D eigenvalue weighted by atomic mass is 16.4. The molecule has 2 amide bonds. The second-order valence-electron chi connectivity index (χ2n) is 4.18. The van der Waals surface area contributed by atoms with Crippen LogP contribution in [0.1, 0.15) is 11.4 Å². The molecule has 0 aliphatic carbocycles. The summed E-state index contributed by atoms with van der Waals surface area (Å²) in [6.07, 6.45) is 0. The highest BCUT2D eigenvalue weighted by Crippen LogP contribution is 2.16. The topological polar surface area (TPSA) is 108 Å². The van der Waals surface area contributed by atoms with Crippen molar-refractivity contribution < 1.29 is 14.7 Å². The Morgan fingerprint density at radius 3 is 2.50 bits per heavy atom. The summed E-state index contributed by atoms with van der Waals surface area (Å²) in [6.45, 7) is 3.95. The predicted molar refractivity (Wildman–Crippen MR) is 61.0 cm³/mol. The predicted octanol–water partition coefficient (Wildman–Crippen LogP) is 0.0367. The van der Waals surface area contributed by atoms with E-state index in [9.17, 15) is 9.59 Å². The molecule has 0 bridgehead atoms. The number of anilines is 1. The number of urea groups is 1. The zero-order chi connectivity index (χ0) is 13.3. The van der Waals surface area contributed by atoms with Crippen molar-refractivity contribution >= 4 is 17.9 Å². The van der Waals surface area contributed by atoms with Crippen molar-refractivity contribution in [1.29, 1.82) is 0 Å². The van der Waals surface area contributed by atoms with Gasteiger partial charge in [-0.3, -0.25) is 10.1 Å². The molecule has 1 aromatic rings. The maximum absolute atomic E-state index is 11.7. The van der Waals surface area contributed by atoms with Crippen LogP contribution in [-0.4, -0.2) is 50.3 Å². The molecule has 0 aromatic carbocycles. The van der Waals surface area contributed by atoms with E-state index in [0.29, 0.717) is 11.4 Å². The average molecular weight is 251 g/mol. The summed E-state index contributed by atoms with van der Waals surface area (Å²) in [7, 11) is 0. The number of nitrogens with zero attached hydrogens (tertiary/aromatic N) is 4. The maximum atomic E-state index is 11.7. The monoisotopic (exact) mass is 251 g/mol. The number of carbonyl (C=O) groups is 2. The van der Waals surface area contributed by atoms with Crippen LogP contribution in [0.2, 0.25) is 0 Å². The Morgan fingerprint density at radius 1 is 1.28 bits per heavy atom. The molecule has 2 rings (SSSR count). The van der Waals surface area contributed by atoms with Crippen molar-refractivity contribution in [3.8, 4) is 0 Å². The van der Waals surface area contributed by atoms with E-state index in [2.05, 4.69) is 20.5 Å². The highest BCUT2D eigenvalue weighted by molar-refractivity contribution is 5.89. The summed E-state index contributed by atoms with van der Waals surface area (Å²) in [6, 6.07) is -0.405. The number of nitrogens with one attached hydrogen (secondary N) is 1. The minimum atomic E-state index is -0.886. The SMILES string of the molecule is Cc1nnc(NC(=O)N2CC(C(=O)O)C2)nc1C. The molecule has 0 atom stereocenters. The molecule has 1 fully saturated rings. The minimum absolute atomic E-state index is 0.127. The number of amides is 2. The average Bonchev–Trinajstić information content (AvgIpc) is 2.20. The van der Waals surface area contributed by atoms with Crippen LogP contribution in [0.4, 0.5) is 10.7 Å². The normalized spacial score (nSPS) is 15.1. The molecule has 96 valence electrons. The fourth-order valence-electron chi connectivity index (χ4n) is 1.49. The van der Waals surface area contributed by atoms with E-state index in [0.717, 1.165) is 0 Å². The Hall–Kier alpha value is -2.25. The smallest absolute Gasteiger partial charge is 0.324 e. The number of hydrogen-bond acceptors (Lipinski definition) is 5. The van der Waals surface area contributed by atoms with E-state index in [1.165, 1.54) is 4.90 Å². The van der Waals surface area contributed by atoms with Gasteiger partial charge >= 0.3 is 12.0 Å². The van der Waals surface area contributed by atoms with Gasteiger partial charge in [0.1, 0.15) is 0 Å². The van der Waals surface area contributed by atoms with Crippen LogP contribution in [0.5, 0.6) is 0 Å². The largest absolute Gasteiger partial charge is 0.481 e. The van der Waals surface area contributed by atoms with Crippen LogP contribution in [0.25, 0.3) is 0 Å².